The molecule has 0 fully saturated rings. The molecule has 0 bridgehead atoms. The molecule has 0 rings (SSSR count). The van der Waals surface area contributed by atoms with Gasteiger partial charge >= 0.3 is 5.97 Å². The van der Waals surface area contributed by atoms with Gasteiger partial charge in [0.25, 0.3) is 0 Å². The van der Waals surface area contributed by atoms with Gasteiger partial charge in [0, 0.05) is 0 Å². The SMILES string of the molecule is C=CNC(=C)C(=O)O. The summed E-state index contributed by atoms with van der Waals surface area (Å²) in [5, 5.41) is 10.4. The second-order valence-corrected chi connectivity index (χ2v) is 1.13. The number of nitrogens with one attached hydrogen (secondary N) is 1. The molecule has 8 heavy (non-hydrogen) atoms. The minimum atomic E-state index is -1.06. The fourth-order valence-electron chi connectivity index (χ4n) is 0.185. The topological polar surface area (TPSA) is 49.3 Å². The lowest BCUT2D eigenvalue weighted by molar-refractivity contribution is -0.132. The van der Waals surface area contributed by atoms with Crippen LogP contribution < -0.4 is 5.32 Å². The molecule has 2 N–H and O–H groups in total. The van der Waals surface area contributed by atoms with Crippen LogP contribution in [0.4, 0.5) is 0 Å². The fourth-order valence-corrected chi connectivity index (χ4v) is 0.185. The van der Waals surface area contributed by atoms with Gasteiger partial charge in [0.05, 0.1) is 0 Å². The standard InChI is InChI=1S/C5H7NO2/c1-3-6-4(2)5(7)8/h3,6H,1-2H2,(H,7,8). The first-order valence-electron chi connectivity index (χ1n) is 1.98. The van der Waals surface area contributed by atoms with Gasteiger partial charge in [-0.15, -0.1) is 0 Å². The Labute approximate surface area is 47.3 Å². The van der Waals surface area contributed by atoms with E-state index in [0.717, 1.165) is 0 Å². The zero-order valence-corrected chi connectivity index (χ0v) is 4.35. The number of carbonyl (C=O) groups is 1. The Morgan fingerprint density at radius 2 is 2.25 bits per heavy atom. The predicted molar refractivity (Wildman–Crippen MR) is 30.1 cm³/mol. The molecule has 0 atom stereocenters. The molecule has 0 aliphatic rings. The van der Waals surface area contributed by atoms with Crippen LogP contribution in [-0.4, -0.2) is 11.1 Å². The Hall–Kier alpha value is -1.25. The van der Waals surface area contributed by atoms with E-state index in [1.54, 1.807) is 0 Å². The summed E-state index contributed by atoms with van der Waals surface area (Å²) in [6, 6.07) is 0. The molecule has 0 amide bonds. The van der Waals surface area contributed by atoms with E-state index in [4.69, 9.17) is 5.11 Å². The van der Waals surface area contributed by atoms with E-state index >= 15 is 0 Å². The quantitative estimate of drug-likeness (QED) is 0.518. The molecule has 0 radical (unpaired) electrons. The number of rotatable bonds is 3. The lowest BCUT2D eigenvalue weighted by atomic mass is 10.5. The van der Waals surface area contributed by atoms with E-state index in [2.05, 4.69) is 18.5 Å². The number of hydrogen-bond acceptors (Lipinski definition) is 2. The Balaban J connectivity index is 3.65. The van der Waals surface area contributed by atoms with Crippen molar-refractivity contribution in [3.8, 4) is 0 Å². The molecule has 0 spiro atoms. The molecular formula is C5H7NO2. The summed E-state index contributed by atoms with van der Waals surface area (Å²) in [5.41, 5.74) is -0.0694. The van der Waals surface area contributed by atoms with Crippen LogP contribution in [0, 0.1) is 0 Å². The third kappa shape index (κ3) is 2.02. The molecule has 44 valence electrons. The van der Waals surface area contributed by atoms with Crippen LogP contribution in [0.2, 0.25) is 0 Å². The van der Waals surface area contributed by atoms with Gasteiger partial charge in [-0.1, -0.05) is 13.2 Å². The van der Waals surface area contributed by atoms with E-state index in [1.807, 2.05) is 0 Å². The number of carboxylic acids is 1. The summed E-state index contributed by atoms with van der Waals surface area (Å²) < 4.78 is 0. The predicted octanol–water partition coefficient (Wildman–Crippen LogP) is 0.318. The Kier molecular flexibility index (Phi) is 2.40. The maximum atomic E-state index is 9.88. The van der Waals surface area contributed by atoms with Crippen molar-refractivity contribution in [1.29, 1.82) is 0 Å². The first-order chi connectivity index (χ1) is 3.68. The average molecular weight is 113 g/mol. The molecule has 0 saturated carbocycles. The molecule has 0 aromatic rings. The van der Waals surface area contributed by atoms with E-state index in [9.17, 15) is 4.79 Å². The lowest BCUT2D eigenvalue weighted by Crippen LogP contribution is -2.12. The Morgan fingerprint density at radius 3 is 2.38 bits per heavy atom. The van der Waals surface area contributed by atoms with E-state index in [-0.39, 0.29) is 5.70 Å². The first-order valence-corrected chi connectivity index (χ1v) is 1.98. The van der Waals surface area contributed by atoms with Crippen LogP contribution in [0.3, 0.4) is 0 Å². The summed E-state index contributed by atoms with van der Waals surface area (Å²) in [6.07, 6.45) is 1.26. The Morgan fingerprint density at radius 1 is 1.75 bits per heavy atom. The van der Waals surface area contributed by atoms with Crippen LogP contribution in [-0.2, 0) is 4.79 Å². The van der Waals surface area contributed by atoms with E-state index in [0.29, 0.717) is 0 Å². The zero-order valence-electron chi connectivity index (χ0n) is 4.35. The molecule has 0 aromatic heterocycles. The first kappa shape index (κ1) is 6.75. The van der Waals surface area contributed by atoms with Gasteiger partial charge in [0.1, 0.15) is 5.70 Å². The van der Waals surface area contributed by atoms with Crippen molar-refractivity contribution in [2.45, 2.75) is 0 Å². The molecule has 3 heteroatoms. The van der Waals surface area contributed by atoms with Crippen LogP contribution in [0.1, 0.15) is 0 Å². The maximum Gasteiger partial charge on any atom is 0.351 e. The lowest BCUT2D eigenvalue weighted by Gasteiger charge is -1.94. The monoisotopic (exact) mass is 113 g/mol. The van der Waals surface area contributed by atoms with Crippen molar-refractivity contribution < 1.29 is 9.90 Å². The van der Waals surface area contributed by atoms with Crippen LogP contribution in [0.25, 0.3) is 0 Å². The number of aliphatic carboxylic acids is 1. The van der Waals surface area contributed by atoms with Gasteiger partial charge in [0.15, 0.2) is 0 Å². The van der Waals surface area contributed by atoms with E-state index in [1.165, 1.54) is 6.20 Å². The van der Waals surface area contributed by atoms with Crippen molar-refractivity contribution in [2.75, 3.05) is 0 Å². The van der Waals surface area contributed by atoms with Gasteiger partial charge in [-0.25, -0.2) is 4.79 Å². The highest BCUT2D eigenvalue weighted by atomic mass is 16.4. The normalized spacial score (nSPS) is 7.50. The fraction of sp³-hybridized carbons (Fsp3) is 0. The number of carboxylic acid groups (broad SMARTS) is 1. The van der Waals surface area contributed by atoms with Crippen LogP contribution >= 0.6 is 0 Å². The van der Waals surface area contributed by atoms with Crippen LogP contribution in [0.15, 0.2) is 25.1 Å². The minimum absolute atomic E-state index is 0.0694. The molecule has 0 aromatic carbocycles. The summed E-state index contributed by atoms with van der Waals surface area (Å²) in [7, 11) is 0. The van der Waals surface area contributed by atoms with Gasteiger partial charge in [-0.3, -0.25) is 0 Å². The third-order valence-corrected chi connectivity index (χ3v) is 0.534. The minimum Gasteiger partial charge on any atom is -0.477 e. The molecule has 0 aliphatic heterocycles. The summed E-state index contributed by atoms with van der Waals surface area (Å²) in [5.74, 6) is -1.06. The van der Waals surface area contributed by atoms with Crippen molar-refractivity contribution in [2.24, 2.45) is 0 Å². The highest BCUT2D eigenvalue weighted by Gasteiger charge is 1.97. The molecule has 0 saturated heterocycles. The van der Waals surface area contributed by atoms with Gasteiger partial charge in [-0.05, 0) is 6.20 Å². The number of hydrogen-bond donors (Lipinski definition) is 2. The molecule has 0 unspecified atom stereocenters. The highest BCUT2D eigenvalue weighted by molar-refractivity contribution is 5.85. The second kappa shape index (κ2) is 2.85. The molecule has 0 aliphatic carbocycles. The van der Waals surface area contributed by atoms with Crippen molar-refractivity contribution in [3.63, 3.8) is 0 Å². The zero-order chi connectivity index (χ0) is 6.57. The third-order valence-electron chi connectivity index (χ3n) is 0.534. The summed E-state index contributed by atoms with van der Waals surface area (Å²) in [4.78, 5) is 9.88. The van der Waals surface area contributed by atoms with Crippen molar-refractivity contribution in [1.82, 2.24) is 5.32 Å². The molecule has 0 heterocycles. The summed E-state index contributed by atoms with van der Waals surface area (Å²) >= 11 is 0. The smallest absolute Gasteiger partial charge is 0.351 e. The maximum absolute atomic E-state index is 9.88. The van der Waals surface area contributed by atoms with Crippen molar-refractivity contribution in [3.05, 3.63) is 25.1 Å². The van der Waals surface area contributed by atoms with Gasteiger partial charge < -0.3 is 10.4 Å². The van der Waals surface area contributed by atoms with Crippen molar-refractivity contribution >= 4 is 5.97 Å². The highest BCUT2D eigenvalue weighted by Crippen LogP contribution is 1.79. The molecule has 3 nitrogen and oxygen atoms in total. The second-order valence-electron chi connectivity index (χ2n) is 1.13. The van der Waals surface area contributed by atoms with Gasteiger partial charge in [-0.2, -0.15) is 0 Å². The largest absolute Gasteiger partial charge is 0.477 e. The Bertz CT molecular complexity index is 128. The van der Waals surface area contributed by atoms with Gasteiger partial charge in [0.2, 0.25) is 0 Å². The van der Waals surface area contributed by atoms with E-state index < -0.39 is 5.97 Å². The average Bonchev–Trinajstić information content (AvgIpc) is 1.67. The van der Waals surface area contributed by atoms with Crippen LogP contribution in [0.5, 0.6) is 0 Å². The molecular weight excluding hydrogens is 106 g/mol. The summed E-state index contributed by atoms with van der Waals surface area (Å²) in [6.45, 7) is 6.41.